The van der Waals surface area contributed by atoms with Gasteiger partial charge in [-0.05, 0) is 43.4 Å². The lowest BCUT2D eigenvalue weighted by Crippen LogP contribution is -2.25. The number of aliphatic hydroxyl groups excluding tert-OH is 1. The fraction of sp³-hybridized carbons (Fsp3) is 1.00. The summed E-state index contributed by atoms with van der Waals surface area (Å²) in [6.07, 6.45) is 5.77. The van der Waals surface area contributed by atoms with Gasteiger partial charge in [0.1, 0.15) is 0 Å². The molecule has 1 N–H and O–H groups in total. The van der Waals surface area contributed by atoms with E-state index in [1.165, 1.54) is 19.3 Å². The van der Waals surface area contributed by atoms with Crippen molar-refractivity contribution in [2.24, 2.45) is 17.8 Å². The van der Waals surface area contributed by atoms with Crippen LogP contribution in [0.3, 0.4) is 0 Å². The third-order valence-electron chi connectivity index (χ3n) is 3.53. The SMILES string of the molecule is COCC(C)CCC1CC(C)CC(O)C1. The van der Waals surface area contributed by atoms with Crippen molar-refractivity contribution in [2.75, 3.05) is 13.7 Å². The molecule has 90 valence electrons. The van der Waals surface area contributed by atoms with Crippen LogP contribution in [0.1, 0.15) is 46.0 Å². The van der Waals surface area contributed by atoms with E-state index < -0.39 is 0 Å². The van der Waals surface area contributed by atoms with Crippen molar-refractivity contribution in [1.82, 2.24) is 0 Å². The van der Waals surface area contributed by atoms with Crippen molar-refractivity contribution in [3.8, 4) is 0 Å². The minimum Gasteiger partial charge on any atom is -0.393 e. The van der Waals surface area contributed by atoms with E-state index in [0.717, 1.165) is 25.4 Å². The zero-order valence-corrected chi connectivity index (χ0v) is 10.4. The van der Waals surface area contributed by atoms with Gasteiger partial charge in [0.05, 0.1) is 6.10 Å². The lowest BCUT2D eigenvalue weighted by atomic mass is 9.78. The quantitative estimate of drug-likeness (QED) is 0.762. The molecule has 1 aliphatic rings. The lowest BCUT2D eigenvalue weighted by molar-refractivity contribution is 0.0678. The number of rotatable bonds is 5. The Balaban J connectivity index is 2.20. The van der Waals surface area contributed by atoms with E-state index in [-0.39, 0.29) is 6.10 Å². The fourth-order valence-electron chi connectivity index (χ4n) is 2.83. The van der Waals surface area contributed by atoms with Crippen molar-refractivity contribution in [3.63, 3.8) is 0 Å². The summed E-state index contributed by atoms with van der Waals surface area (Å²) in [6.45, 7) is 5.37. The topological polar surface area (TPSA) is 29.5 Å². The van der Waals surface area contributed by atoms with E-state index in [4.69, 9.17) is 4.74 Å². The smallest absolute Gasteiger partial charge is 0.0545 e. The summed E-state index contributed by atoms with van der Waals surface area (Å²) in [5.41, 5.74) is 0. The van der Waals surface area contributed by atoms with E-state index in [9.17, 15) is 5.11 Å². The average Bonchev–Trinajstić information content (AvgIpc) is 2.14. The average molecular weight is 214 g/mol. The van der Waals surface area contributed by atoms with Crippen molar-refractivity contribution < 1.29 is 9.84 Å². The second-order valence-electron chi connectivity index (χ2n) is 5.47. The summed E-state index contributed by atoms with van der Waals surface area (Å²) >= 11 is 0. The van der Waals surface area contributed by atoms with Crippen LogP contribution in [-0.4, -0.2) is 24.9 Å². The first kappa shape index (κ1) is 13.0. The first-order valence-corrected chi connectivity index (χ1v) is 6.28. The zero-order valence-electron chi connectivity index (χ0n) is 10.4. The number of aliphatic hydroxyl groups is 1. The minimum absolute atomic E-state index is 0.0449. The molecule has 0 saturated heterocycles. The van der Waals surface area contributed by atoms with Crippen LogP contribution in [0.15, 0.2) is 0 Å². The standard InChI is InChI=1S/C13H26O2/c1-10(9-15-3)4-5-12-6-11(2)7-13(14)8-12/h10-14H,4-9H2,1-3H3. The normalized spacial score (nSPS) is 34.0. The second-order valence-corrected chi connectivity index (χ2v) is 5.47. The number of ether oxygens (including phenoxy) is 1. The van der Waals surface area contributed by atoms with E-state index in [0.29, 0.717) is 11.8 Å². The van der Waals surface area contributed by atoms with Gasteiger partial charge in [-0.2, -0.15) is 0 Å². The van der Waals surface area contributed by atoms with Crippen molar-refractivity contribution in [3.05, 3.63) is 0 Å². The molecule has 1 aliphatic carbocycles. The van der Waals surface area contributed by atoms with Crippen LogP contribution in [0.25, 0.3) is 0 Å². The molecule has 0 aromatic carbocycles. The number of hydrogen-bond donors (Lipinski definition) is 1. The predicted molar refractivity (Wildman–Crippen MR) is 62.8 cm³/mol. The molecule has 2 nitrogen and oxygen atoms in total. The molecule has 0 amide bonds. The molecule has 4 atom stereocenters. The van der Waals surface area contributed by atoms with Crippen molar-refractivity contribution in [2.45, 2.75) is 52.1 Å². The molecule has 0 radical (unpaired) electrons. The highest BCUT2D eigenvalue weighted by Crippen LogP contribution is 2.32. The number of hydrogen-bond acceptors (Lipinski definition) is 2. The third kappa shape index (κ3) is 4.98. The van der Waals surface area contributed by atoms with Crippen LogP contribution in [0.2, 0.25) is 0 Å². The molecule has 0 aromatic rings. The molecule has 0 aliphatic heterocycles. The maximum atomic E-state index is 9.69. The van der Waals surface area contributed by atoms with Crippen LogP contribution in [0, 0.1) is 17.8 Å². The van der Waals surface area contributed by atoms with Crippen molar-refractivity contribution >= 4 is 0 Å². The highest BCUT2D eigenvalue weighted by molar-refractivity contribution is 4.76. The Labute approximate surface area is 94.0 Å². The molecule has 4 unspecified atom stereocenters. The van der Waals surface area contributed by atoms with Gasteiger partial charge >= 0.3 is 0 Å². The lowest BCUT2D eigenvalue weighted by Gasteiger charge is -2.31. The monoisotopic (exact) mass is 214 g/mol. The van der Waals surface area contributed by atoms with E-state index in [1.807, 2.05) is 0 Å². The highest BCUT2D eigenvalue weighted by atomic mass is 16.5. The van der Waals surface area contributed by atoms with Crippen LogP contribution in [-0.2, 0) is 4.74 Å². The highest BCUT2D eigenvalue weighted by Gasteiger charge is 2.25. The maximum Gasteiger partial charge on any atom is 0.0545 e. The first-order chi connectivity index (χ1) is 7.11. The van der Waals surface area contributed by atoms with Gasteiger partial charge in [-0.3, -0.25) is 0 Å². The number of methoxy groups -OCH3 is 1. The largest absolute Gasteiger partial charge is 0.393 e. The molecule has 15 heavy (non-hydrogen) atoms. The van der Waals surface area contributed by atoms with Crippen LogP contribution in [0.5, 0.6) is 0 Å². The van der Waals surface area contributed by atoms with Gasteiger partial charge < -0.3 is 9.84 Å². The molecule has 0 spiro atoms. The Bertz CT molecular complexity index is 160. The molecule has 1 fully saturated rings. The second kappa shape index (κ2) is 6.49. The molecule has 0 aromatic heterocycles. The molecule has 0 bridgehead atoms. The fourth-order valence-corrected chi connectivity index (χ4v) is 2.83. The van der Waals surface area contributed by atoms with Gasteiger partial charge in [-0.25, -0.2) is 0 Å². The molecular weight excluding hydrogens is 188 g/mol. The predicted octanol–water partition coefficient (Wildman–Crippen LogP) is 2.85. The van der Waals surface area contributed by atoms with E-state index in [2.05, 4.69) is 13.8 Å². The molecule has 1 rings (SSSR count). The zero-order chi connectivity index (χ0) is 11.3. The Hall–Kier alpha value is -0.0800. The van der Waals surface area contributed by atoms with Gasteiger partial charge in [0.2, 0.25) is 0 Å². The third-order valence-corrected chi connectivity index (χ3v) is 3.53. The van der Waals surface area contributed by atoms with E-state index >= 15 is 0 Å². The van der Waals surface area contributed by atoms with Crippen LogP contribution in [0.4, 0.5) is 0 Å². The summed E-state index contributed by atoms with van der Waals surface area (Å²) in [5.74, 6) is 2.10. The molecule has 0 heterocycles. The van der Waals surface area contributed by atoms with Crippen molar-refractivity contribution in [1.29, 1.82) is 0 Å². The van der Waals surface area contributed by atoms with Gasteiger partial charge in [0.25, 0.3) is 0 Å². The van der Waals surface area contributed by atoms with Gasteiger partial charge in [-0.15, -0.1) is 0 Å². The Morgan fingerprint density at radius 3 is 2.67 bits per heavy atom. The Morgan fingerprint density at radius 2 is 2.07 bits per heavy atom. The summed E-state index contributed by atoms with van der Waals surface area (Å²) in [7, 11) is 1.77. The molecule has 1 saturated carbocycles. The van der Waals surface area contributed by atoms with Gasteiger partial charge in [0, 0.05) is 13.7 Å². The maximum absolute atomic E-state index is 9.69. The van der Waals surface area contributed by atoms with Crippen LogP contribution < -0.4 is 0 Å². The summed E-state index contributed by atoms with van der Waals surface area (Å²) in [6, 6.07) is 0. The summed E-state index contributed by atoms with van der Waals surface area (Å²) < 4.78 is 5.14. The Kier molecular flexibility index (Phi) is 5.62. The van der Waals surface area contributed by atoms with Gasteiger partial charge in [-0.1, -0.05) is 20.3 Å². The van der Waals surface area contributed by atoms with Gasteiger partial charge in [0.15, 0.2) is 0 Å². The molecular formula is C13H26O2. The van der Waals surface area contributed by atoms with Crippen LogP contribution >= 0.6 is 0 Å². The minimum atomic E-state index is -0.0449. The Morgan fingerprint density at radius 1 is 1.33 bits per heavy atom. The molecule has 2 heteroatoms. The van der Waals surface area contributed by atoms with E-state index in [1.54, 1.807) is 7.11 Å². The summed E-state index contributed by atoms with van der Waals surface area (Å²) in [4.78, 5) is 0. The summed E-state index contributed by atoms with van der Waals surface area (Å²) in [5, 5.41) is 9.69. The first-order valence-electron chi connectivity index (χ1n) is 6.28.